The van der Waals surface area contributed by atoms with E-state index in [0.29, 0.717) is 22.3 Å². The Hall–Kier alpha value is -2.32. The van der Waals surface area contributed by atoms with Crippen LogP contribution in [0, 0.1) is 0 Å². The van der Waals surface area contributed by atoms with Crippen LogP contribution < -0.4 is 4.74 Å². The summed E-state index contributed by atoms with van der Waals surface area (Å²) in [6.07, 6.45) is 2.31. The Morgan fingerprint density at radius 2 is 2.08 bits per heavy atom. The molecule has 0 fully saturated rings. The first-order valence-electron chi connectivity index (χ1n) is 7.25. The smallest absolute Gasteiger partial charge is 0.215 e. The van der Waals surface area contributed by atoms with Gasteiger partial charge in [-0.25, -0.2) is 9.97 Å². The third kappa shape index (κ3) is 2.78. The number of ether oxygens (including phenoxy) is 1. The summed E-state index contributed by atoms with van der Waals surface area (Å²) in [6.45, 7) is 0. The van der Waals surface area contributed by atoms with Gasteiger partial charge >= 0.3 is 0 Å². The number of benzene rings is 1. The molecule has 122 valence electrons. The van der Waals surface area contributed by atoms with E-state index in [9.17, 15) is 4.21 Å². The second kappa shape index (κ2) is 5.95. The van der Waals surface area contributed by atoms with Crippen LogP contribution in [0.3, 0.4) is 0 Å². The molecule has 0 aliphatic rings. The summed E-state index contributed by atoms with van der Waals surface area (Å²) in [5.74, 6) is 1.39. The van der Waals surface area contributed by atoms with Gasteiger partial charge in [-0.1, -0.05) is 6.07 Å². The largest absolute Gasteiger partial charge is 0.481 e. The predicted octanol–water partition coefficient (Wildman–Crippen LogP) is 2.90. The Labute approximate surface area is 144 Å². The van der Waals surface area contributed by atoms with Gasteiger partial charge < -0.3 is 9.72 Å². The Bertz CT molecular complexity index is 1070. The number of pyridine rings is 1. The summed E-state index contributed by atoms with van der Waals surface area (Å²) in [5, 5.41) is 0. The van der Waals surface area contributed by atoms with Crippen LogP contribution in [-0.4, -0.2) is 37.5 Å². The number of rotatable bonds is 4. The summed E-state index contributed by atoms with van der Waals surface area (Å²) < 4.78 is 18.4. The molecule has 0 aliphatic carbocycles. The molecule has 24 heavy (non-hydrogen) atoms. The third-order valence-corrected chi connectivity index (χ3v) is 5.98. The van der Waals surface area contributed by atoms with E-state index in [-0.39, 0.29) is 0 Å². The molecule has 0 radical (unpaired) electrons. The molecule has 1 N–H and O–H groups in total. The molecular weight excluding hydrogens is 344 g/mol. The number of hydrogen-bond donors (Lipinski definition) is 1. The molecular formula is C16H14N4O2S2. The predicted molar refractivity (Wildman–Crippen MR) is 95.2 cm³/mol. The van der Waals surface area contributed by atoms with Crippen LogP contribution in [0.5, 0.6) is 5.88 Å². The summed E-state index contributed by atoms with van der Waals surface area (Å²) in [4.78, 5) is 16.5. The fourth-order valence-electron chi connectivity index (χ4n) is 2.50. The SMILES string of the molecule is COc1ccc2[nH]c(Cc3ccc4nc(S(C)=O)sc4c3)nc2n1. The maximum atomic E-state index is 11.6. The van der Waals surface area contributed by atoms with Crippen molar-refractivity contribution in [3.63, 3.8) is 0 Å². The minimum Gasteiger partial charge on any atom is -0.481 e. The van der Waals surface area contributed by atoms with E-state index < -0.39 is 10.8 Å². The van der Waals surface area contributed by atoms with Gasteiger partial charge in [0.25, 0.3) is 0 Å². The number of methoxy groups -OCH3 is 1. The molecule has 3 aromatic heterocycles. The topological polar surface area (TPSA) is 80.8 Å². The lowest BCUT2D eigenvalue weighted by Crippen LogP contribution is -1.90. The van der Waals surface area contributed by atoms with Crippen molar-refractivity contribution in [2.45, 2.75) is 10.8 Å². The molecule has 0 saturated heterocycles. The average Bonchev–Trinajstić information content (AvgIpc) is 3.16. The molecule has 0 aliphatic heterocycles. The van der Waals surface area contributed by atoms with E-state index in [1.54, 1.807) is 19.4 Å². The average molecular weight is 358 g/mol. The van der Waals surface area contributed by atoms with Crippen molar-refractivity contribution in [2.75, 3.05) is 13.4 Å². The van der Waals surface area contributed by atoms with Crippen molar-refractivity contribution in [2.24, 2.45) is 0 Å². The van der Waals surface area contributed by atoms with Gasteiger partial charge in [0.2, 0.25) is 5.88 Å². The molecule has 4 rings (SSSR count). The van der Waals surface area contributed by atoms with Crippen LogP contribution in [0.4, 0.5) is 0 Å². The molecule has 3 heterocycles. The minimum absolute atomic E-state index is 0.548. The van der Waals surface area contributed by atoms with E-state index in [1.165, 1.54) is 11.3 Å². The number of nitrogens with zero attached hydrogens (tertiary/aromatic N) is 3. The van der Waals surface area contributed by atoms with E-state index >= 15 is 0 Å². The van der Waals surface area contributed by atoms with Crippen molar-refractivity contribution >= 4 is 43.5 Å². The van der Waals surface area contributed by atoms with Gasteiger partial charge in [0.05, 0.1) is 33.6 Å². The van der Waals surface area contributed by atoms with Gasteiger partial charge in [-0.3, -0.25) is 4.21 Å². The number of nitrogens with one attached hydrogen (secondary N) is 1. The van der Waals surface area contributed by atoms with Crippen LogP contribution in [0.15, 0.2) is 34.7 Å². The summed E-state index contributed by atoms with van der Waals surface area (Å²) in [6, 6.07) is 9.77. The minimum atomic E-state index is -1.05. The monoisotopic (exact) mass is 358 g/mol. The molecule has 0 saturated carbocycles. The summed E-state index contributed by atoms with van der Waals surface area (Å²) in [5.41, 5.74) is 3.52. The fourth-order valence-corrected chi connectivity index (χ4v) is 4.22. The molecule has 1 unspecified atom stereocenters. The summed E-state index contributed by atoms with van der Waals surface area (Å²) >= 11 is 1.47. The van der Waals surface area contributed by atoms with Crippen LogP contribution in [0.2, 0.25) is 0 Å². The lowest BCUT2D eigenvalue weighted by atomic mass is 10.1. The number of aromatic nitrogens is 4. The Morgan fingerprint density at radius 1 is 1.21 bits per heavy atom. The fraction of sp³-hybridized carbons (Fsp3) is 0.188. The zero-order chi connectivity index (χ0) is 16.7. The first-order valence-corrected chi connectivity index (χ1v) is 9.62. The van der Waals surface area contributed by atoms with Gasteiger partial charge in [0.15, 0.2) is 9.99 Å². The van der Waals surface area contributed by atoms with Gasteiger partial charge in [0.1, 0.15) is 5.82 Å². The Balaban J connectivity index is 1.66. The lowest BCUT2D eigenvalue weighted by molar-refractivity contribution is 0.399. The van der Waals surface area contributed by atoms with E-state index in [4.69, 9.17) is 4.74 Å². The zero-order valence-electron chi connectivity index (χ0n) is 13.1. The lowest BCUT2D eigenvalue weighted by Gasteiger charge is -1.97. The molecule has 4 aromatic rings. The number of H-pyrrole nitrogens is 1. The van der Waals surface area contributed by atoms with Crippen molar-refractivity contribution in [1.82, 2.24) is 19.9 Å². The number of hydrogen-bond acceptors (Lipinski definition) is 6. The highest BCUT2D eigenvalue weighted by atomic mass is 32.2. The van der Waals surface area contributed by atoms with Crippen LogP contribution in [-0.2, 0) is 17.2 Å². The zero-order valence-corrected chi connectivity index (χ0v) is 14.7. The van der Waals surface area contributed by atoms with Crippen molar-refractivity contribution in [3.8, 4) is 5.88 Å². The van der Waals surface area contributed by atoms with Crippen LogP contribution in [0.25, 0.3) is 21.4 Å². The van der Waals surface area contributed by atoms with Crippen molar-refractivity contribution < 1.29 is 8.95 Å². The highest BCUT2D eigenvalue weighted by Gasteiger charge is 2.10. The molecule has 0 bridgehead atoms. The quantitative estimate of drug-likeness (QED) is 0.607. The van der Waals surface area contributed by atoms with E-state index in [2.05, 4.69) is 26.0 Å². The molecule has 6 nitrogen and oxygen atoms in total. The highest BCUT2D eigenvalue weighted by molar-refractivity contribution is 7.86. The highest BCUT2D eigenvalue weighted by Crippen LogP contribution is 2.26. The number of thiazole rings is 1. The van der Waals surface area contributed by atoms with E-state index in [1.807, 2.05) is 18.2 Å². The summed E-state index contributed by atoms with van der Waals surface area (Å²) in [7, 11) is 0.536. The van der Waals surface area contributed by atoms with E-state index in [0.717, 1.165) is 27.1 Å². The normalized spacial score (nSPS) is 12.8. The van der Waals surface area contributed by atoms with Gasteiger partial charge in [0, 0.05) is 18.7 Å². The first-order chi connectivity index (χ1) is 11.6. The second-order valence-electron chi connectivity index (χ2n) is 5.32. The van der Waals surface area contributed by atoms with Crippen molar-refractivity contribution in [1.29, 1.82) is 0 Å². The second-order valence-corrected chi connectivity index (χ2v) is 7.91. The van der Waals surface area contributed by atoms with Gasteiger partial charge in [-0.15, -0.1) is 11.3 Å². The molecule has 0 amide bonds. The number of imidazole rings is 1. The van der Waals surface area contributed by atoms with Crippen LogP contribution in [0.1, 0.15) is 11.4 Å². The van der Waals surface area contributed by atoms with Gasteiger partial charge in [-0.2, -0.15) is 4.98 Å². The Morgan fingerprint density at radius 3 is 2.88 bits per heavy atom. The maximum Gasteiger partial charge on any atom is 0.215 e. The number of fused-ring (bicyclic) bond motifs is 2. The Kier molecular flexibility index (Phi) is 3.78. The first kappa shape index (κ1) is 15.2. The third-order valence-electron chi connectivity index (χ3n) is 3.63. The standard InChI is InChI=1S/C16H14N4O2S2/c1-22-14-6-5-11-15(20-14)19-13(17-11)8-9-3-4-10-12(7-9)23-16(18-10)24(2)21/h3-7H,8H2,1-2H3,(H,17,19,20). The maximum absolute atomic E-state index is 11.6. The number of aromatic amines is 1. The molecule has 1 atom stereocenters. The van der Waals surface area contributed by atoms with Gasteiger partial charge in [-0.05, 0) is 23.8 Å². The molecule has 8 heteroatoms. The van der Waals surface area contributed by atoms with Crippen molar-refractivity contribution in [3.05, 3.63) is 41.7 Å². The molecule has 1 aromatic carbocycles. The van der Waals surface area contributed by atoms with Crippen LogP contribution >= 0.6 is 11.3 Å². The molecule has 0 spiro atoms.